The molecule has 1 aromatic carbocycles. The van der Waals surface area contributed by atoms with Crippen molar-refractivity contribution in [1.29, 1.82) is 0 Å². The average molecular weight is 256 g/mol. The van der Waals surface area contributed by atoms with Gasteiger partial charge in [-0.2, -0.15) is 5.10 Å². The summed E-state index contributed by atoms with van der Waals surface area (Å²) in [6.07, 6.45) is 0.448. The van der Waals surface area contributed by atoms with Crippen molar-refractivity contribution in [3.63, 3.8) is 0 Å². The van der Waals surface area contributed by atoms with Gasteiger partial charge < -0.3 is 0 Å². The third-order valence-electron chi connectivity index (χ3n) is 3.47. The number of nitrogens with zero attached hydrogens (tertiary/aromatic N) is 2. The van der Waals surface area contributed by atoms with Gasteiger partial charge in [-0.15, -0.1) is 0 Å². The lowest BCUT2D eigenvalue weighted by Gasteiger charge is -2.09. The third-order valence-corrected chi connectivity index (χ3v) is 3.47. The van der Waals surface area contributed by atoms with Gasteiger partial charge in [-0.3, -0.25) is 9.48 Å². The first-order chi connectivity index (χ1) is 9.02. The second-order valence-corrected chi connectivity index (χ2v) is 4.96. The van der Waals surface area contributed by atoms with Crippen LogP contribution in [-0.2, 0) is 13.0 Å². The molecule has 1 aromatic heterocycles. The third kappa shape index (κ3) is 2.75. The van der Waals surface area contributed by atoms with E-state index < -0.39 is 0 Å². The first-order valence-electron chi connectivity index (χ1n) is 6.65. The number of hydrogen-bond acceptors (Lipinski definition) is 2. The van der Waals surface area contributed by atoms with Gasteiger partial charge in [0.25, 0.3) is 0 Å². The van der Waals surface area contributed by atoms with Crippen LogP contribution in [0.1, 0.15) is 39.8 Å². The van der Waals surface area contributed by atoms with Crippen LogP contribution in [0.2, 0.25) is 0 Å². The summed E-state index contributed by atoms with van der Waals surface area (Å²) in [6, 6.07) is 8.01. The quantitative estimate of drug-likeness (QED) is 0.787. The molecule has 0 spiro atoms. The molecule has 0 aliphatic carbocycles. The molecule has 1 heterocycles. The Hall–Kier alpha value is -1.90. The molecule has 0 saturated carbocycles. The smallest absolute Gasteiger partial charge is 0.185 e. The molecule has 0 amide bonds. The molecule has 19 heavy (non-hydrogen) atoms. The predicted molar refractivity (Wildman–Crippen MR) is 76.6 cm³/mol. The summed E-state index contributed by atoms with van der Waals surface area (Å²) < 4.78 is 1.78. The summed E-state index contributed by atoms with van der Waals surface area (Å²) in [5.74, 6) is 0.139. The van der Waals surface area contributed by atoms with E-state index in [0.29, 0.717) is 12.1 Å². The first-order valence-corrected chi connectivity index (χ1v) is 6.65. The fourth-order valence-corrected chi connectivity index (χ4v) is 2.39. The Morgan fingerprint density at radius 2 is 1.84 bits per heavy atom. The van der Waals surface area contributed by atoms with Crippen LogP contribution >= 0.6 is 0 Å². The maximum atomic E-state index is 12.5. The molecule has 0 saturated heterocycles. The molecular formula is C16H20N2O. The molecule has 0 bridgehead atoms. The molecule has 0 radical (unpaired) electrons. The summed E-state index contributed by atoms with van der Waals surface area (Å²) in [4.78, 5) is 12.5. The van der Waals surface area contributed by atoms with E-state index in [2.05, 4.69) is 31.1 Å². The fourth-order valence-electron chi connectivity index (χ4n) is 2.39. The molecule has 0 atom stereocenters. The van der Waals surface area contributed by atoms with E-state index in [4.69, 9.17) is 0 Å². The Labute approximate surface area is 114 Å². The highest BCUT2D eigenvalue weighted by atomic mass is 16.1. The summed E-state index contributed by atoms with van der Waals surface area (Å²) >= 11 is 0. The van der Waals surface area contributed by atoms with E-state index in [1.54, 1.807) is 4.68 Å². The van der Waals surface area contributed by atoms with Crippen LogP contribution in [0, 0.1) is 20.8 Å². The van der Waals surface area contributed by atoms with Crippen LogP contribution in [0.4, 0.5) is 0 Å². The Kier molecular flexibility index (Phi) is 3.84. The zero-order valence-electron chi connectivity index (χ0n) is 12.0. The lowest BCUT2D eigenvalue weighted by atomic mass is 9.97. The van der Waals surface area contributed by atoms with E-state index in [0.717, 1.165) is 17.8 Å². The number of rotatable bonds is 4. The van der Waals surface area contributed by atoms with Crippen molar-refractivity contribution < 1.29 is 4.79 Å². The number of aromatic nitrogens is 2. The summed E-state index contributed by atoms with van der Waals surface area (Å²) in [5.41, 5.74) is 5.09. The minimum atomic E-state index is 0.139. The molecule has 0 N–H and O–H groups in total. The fraction of sp³-hybridized carbons (Fsp3) is 0.375. The van der Waals surface area contributed by atoms with Gasteiger partial charge >= 0.3 is 0 Å². The van der Waals surface area contributed by atoms with Crippen molar-refractivity contribution in [2.45, 2.75) is 40.7 Å². The molecule has 2 aromatic rings. The molecule has 2 rings (SSSR count). The zero-order chi connectivity index (χ0) is 14.0. The molecule has 0 aliphatic heterocycles. The minimum absolute atomic E-state index is 0.139. The van der Waals surface area contributed by atoms with E-state index in [-0.39, 0.29) is 5.78 Å². The number of benzene rings is 1. The van der Waals surface area contributed by atoms with Gasteiger partial charge in [-0.25, -0.2) is 0 Å². The highest BCUT2D eigenvalue weighted by molar-refractivity contribution is 5.96. The van der Waals surface area contributed by atoms with E-state index in [1.165, 1.54) is 11.1 Å². The van der Waals surface area contributed by atoms with E-state index in [1.807, 2.05) is 26.0 Å². The Morgan fingerprint density at radius 3 is 2.42 bits per heavy atom. The highest BCUT2D eigenvalue weighted by Gasteiger charge is 2.15. The molecule has 0 unspecified atom stereocenters. The van der Waals surface area contributed by atoms with Crippen LogP contribution < -0.4 is 0 Å². The molecule has 0 aliphatic rings. The standard InChI is InChI=1S/C16H20N2O/c1-5-18-15(9-13(4)17-18)16(19)10-14-11(2)7-6-8-12(14)3/h6-9H,5,10H2,1-4H3. The van der Waals surface area contributed by atoms with Crippen molar-refractivity contribution in [3.05, 3.63) is 52.3 Å². The van der Waals surface area contributed by atoms with Crippen LogP contribution in [0.3, 0.4) is 0 Å². The number of aryl methyl sites for hydroxylation is 4. The van der Waals surface area contributed by atoms with Crippen LogP contribution in [0.5, 0.6) is 0 Å². The summed E-state index contributed by atoms with van der Waals surface area (Å²) in [6.45, 7) is 8.75. The van der Waals surface area contributed by atoms with Gasteiger partial charge in [0.05, 0.1) is 5.69 Å². The lowest BCUT2D eigenvalue weighted by Crippen LogP contribution is -2.13. The van der Waals surface area contributed by atoms with Gasteiger partial charge in [-0.1, -0.05) is 18.2 Å². The number of ketones is 1. The van der Waals surface area contributed by atoms with E-state index >= 15 is 0 Å². The van der Waals surface area contributed by atoms with Gasteiger partial charge in [0.2, 0.25) is 0 Å². The van der Waals surface area contributed by atoms with Gasteiger partial charge in [0.15, 0.2) is 5.78 Å². The Bertz CT molecular complexity index is 591. The Morgan fingerprint density at radius 1 is 1.21 bits per heavy atom. The first kappa shape index (κ1) is 13.5. The largest absolute Gasteiger partial charge is 0.292 e. The molecule has 0 fully saturated rings. The molecule has 3 heteroatoms. The van der Waals surface area contributed by atoms with Crippen LogP contribution in [0.25, 0.3) is 0 Å². The van der Waals surface area contributed by atoms with Gasteiger partial charge in [-0.05, 0) is 50.5 Å². The number of carbonyl (C=O) groups is 1. The van der Waals surface area contributed by atoms with Crippen molar-refractivity contribution >= 4 is 5.78 Å². The maximum Gasteiger partial charge on any atom is 0.185 e. The van der Waals surface area contributed by atoms with Crippen molar-refractivity contribution in [2.24, 2.45) is 0 Å². The topological polar surface area (TPSA) is 34.9 Å². The molecule has 100 valence electrons. The average Bonchev–Trinajstić information content (AvgIpc) is 2.75. The van der Waals surface area contributed by atoms with Gasteiger partial charge in [0.1, 0.15) is 5.69 Å². The SMILES string of the molecule is CCn1nc(C)cc1C(=O)Cc1c(C)cccc1C. The van der Waals surface area contributed by atoms with Crippen LogP contribution in [0.15, 0.2) is 24.3 Å². The monoisotopic (exact) mass is 256 g/mol. The normalized spacial score (nSPS) is 10.7. The number of carbonyl (C=O) groups excluding carboxylic acids is 1. The van der Waals surface area contributed by atoms with E-state index in [9.17, 15) is 4.79 Å². The maximum absolute atomic E-state index is 12.5. The Balaban J connectivity index is 2.31. The predicted octanol–water partition coefficient (Wildman–Crippen LogP) is 3.25. The second-order valence-electron chi connectivity index (χ2n) is 4.96. The second kappa shape index (κ2) is 5.39. The van der Waals surface area contributed by atoms with Gasteiger partial charge in [0, 0.05) is 13.0 Å². The van der Waals surface area contributed by atoms with Crippen molar-refractivity contribution in [1.82, 2.24) is 9.78 Å². The minimum Gasteiger partial charge on any atom is -0.292 e. The van der Waals surface area contributed by atoms with Crippen LogP contribution in [-0.4, -0.2) is 15.6 Å². The highest BCUT2D eigenvalue weighted by Crippen LogP contribution is 2.17. The summed E-state index contributed by atoms with van der Waals surface area (Å²) in [5, 5.41) is 4.33. The number of hydrogen-bond donors (Lipinski definition) is 0. The summed E-state index contributed by atoms with van der Waals surface area (Å²) in [7, 11) is 0. The number of Topliss-reactive ketones (excluding diaryl/α,β-unsaturated/α-hetero) is 1. The van der Waals surface area contributed by atoms with Crippen molar-refractivity contribution in [3.8, 4) is 0 Å². The molecular weight excluding hydrogens is 236 g/mol. The zero-order valence-corrected chi connectivity index (χ0v) is 12.0. The van der Waals surface area contributed by atoms with Crippen molar-refractivity contribution in [2.75, 3.05) is 0 Å². The lowest BCUT2D eigenvalue weighted by molar-refractivity contribution is 0.0982. The molecule has 3 nitrogen and oxygen atoms in total.